The number of para-hydroxylation sites is 1. The molecule has 2 aromatic carbocycles. The van der Waals surface area contributed by atoms with Crippen molar-refractivity contribution in [2.45, 2.75) is 31.7 Å². The molecule has 0 amide bonds. The average molecular weight is 355 g/mol. The van der Waals surface area contributed by atoms with Crippen molar-refractivity contribution in [1.82, 2.24) is 4.72 Å². The quantitative estimate of drug-likeness (QED) is 0.865. The maximum Gasteiger partial charge on any atom is 0.243 e. The van der Waals surface area contributed by atoms with E-state index >= 15 is 0 Å². The standard InChI is InChI=1S/C17H19F2NO3S/c1-11-5-4-6-12(2)17(11)23-10-13(3)20-24(21,22)16-8-7-14(18)9-15(16)19/h4-9,13,20H,10H2,1-3H3. The zero-order chi connectivity index (χ0) is 17.9. The van der Waals surface area contributed by atoms with Crippen LogP contribution in [0, 0.1) is 25.5 Å². The number of hydrogen-bond donors (Lipinski definition) is 1. The first kappa shape index (κ1) is 18.4. The highest BCUT2D eigenvalue weighted by Crippen LogP contribution is 2.22. The number of aryl methyl sites for hydroxylation is 2. The second-order valence-corrected chi connectivity index (χ2v) is 7.31. The average Bonchev–Trinajstić information content (AvgIpc) is 2.45. The molecule has 7 heteroatoms. The summed E-state index contributed by atoms with van der Waals surface area (Å²) >= 11 is 0. The van der Waals surface area contributed by atoms with Crippen molar-refractivity contribution in [2.75, 3.05) is 6.61 Å². The van der Waals surface area contributed by atoms with Crippen molar-refractivity contribution in [1.29, 1.82) is 0 Å². The lowest BCUT2D eigenvalue weighted by Crippen LogP contribution is -2.37. The fraction of sp³-hybridized carbons (Fsp3) is 0.294. The predicted octanol–water partition coefficient (Wildman–Crippen LogP) is 3.33. The van der Waals surface area contributed by atoms with Crippen molar-refractivity contribution < 1.29 is 21.9 Å². The van der Waals surface area contributed by atoms with E-state index in [4.69, 9.17) is 4.74 Å². The summed E-state index contributed by atoms with van der Waals surface area (Å²) in [6.45, 7) is 5.47. The van der Waals surface area contributed by atoms with Crippen LogP contribution in [0.5, 0.6) is 5.75 Å². The topological polar surface area (TPSA) is 55.4 Å². The highest BCUT2D eigenvalue weighted by atomic mass is 32.2. The van der Waals surface area contributed by atoms with Gasteiger partial charge in [-0.25, -0.2) is 21.9 Å². The van der Waals surface area contributed by atoms with Crippen LogP contribution >= 0.6 is 0 Å². The van der Waals surface area contributed by atoms with Crippen molar-refractivity contribution in [3.63, 3.8) is 0 Å². The van der Waals surface area contributed by atoms with Gasteiger partial charge in [-0.15, -0.1) is 0 Å². The number of benzene rings is 2. The largest absolute Gasteiger partial charge is 0.491 e. The van der Waals surface area contributed by atoms with E-state index in [9.17, 15) is 17.2 Å². The summed E-state index contributed by atoms with van der Waals surface area (Å²) in [6, 6.07) is 7.42. The Bertz CT molecular complexity index is 817. The van der Waals surface area contributed by atoms with Gasteiger partial charge in [0.25, 0.3) is 0 Å². The minimum atomic E-state index is -4.10. The summed E-state index contributed by atoms with van der Waals surface area (Å²) in [4.78, 5) is -0.595. The minimum absolute atomic E-state index is 0.0771. The van der Waals surface area contributed by atoms with Crippen LogP contribution in [0.3, 0.4) is 0 Å². The van der Waals surface area contributed by atoms with Crippen LogP contribution in [0.1, 0.15) is 18.1 Å². The molecule has 4 nitrogen and oxygen atoms in total. The van der Waals surface area contributed by atoms with Gasteiger partial charge in [-0.05, 0) is 44.0 Å². The molecule has 1 N–H and O–H groups in total. The van der Waals surface area contributed by atoms with E-state index in [0.717, 1.165) is 23.3 Å². The molecule has 2 rings (SSSR count). The Balaban J connectivity index is 2.07. The Labute approximate surface area is 140 Å². The van der Waals surface area contributed by atoms with Crippen molar-refractivity contribution >= 4 is 10.0 Å². The van der Waals surface area contributed by atoms with Crippen molar-refractivity contribution in [3.8, 4) is 5.75 Å². The normalized spacial score (nSPS) is 12.9. The van der Waals surface area contributed by atoms with Crippen LogP contribution in [-0.2, 0) is 10.0 Å². The van der Waals surface area contributed by atoms with Crippen LogP contribution in [0.15, 0.2) is 41.3 Å². The molecule has 0 aliphatic carbocycles. The fourth-order valence-corrected chi connectivity index (χ4v) is 3.58. The highest BCUT2D eigenvalue weighted by Gasteiger charge is 2.22. The molecule has 0 aromatic heterocycles. The van der Waals surface area contributed by atoms with E-state index in [1.165, 1.54) is 0 Å². The third-order valence-corrected chi connectivity index (χ3v) is 5.05. The van der Waals surface area contributed by atoms with Crippen LogP contribution in [0.4, 0.5) is 8.78 Å². The van der Waals surface area contributed by atoms with Gasteiger partial charge in [0.05, 0.1) is 6.04 Å². The minimum Gasteiger partial charge on any atom is -0.491 e. The number of halogens is 2. The molecule has 0 bridgehead atoms. The molecule has 0 saturated carbocycles. The molecule has 24 heavy (non-hydrogen) atoms. The van der Waals surface area contributed by atoms with E-state index in [1.54, 1.807) is 6.92 Å². The van der Waals surface area contributed by atoms with Crippen LogP contribution in [-0.4, -0.2) is 21.1 Å². The summed E-state index contributed by atoms with van der Waals surface area (Å²) in [6.07, 6.45) is 0. The molecular weight excluding hydrogens is 336 g/mol. The van der Waals surface area contributed by atoms with Gasteiger partial charge in [-0.3, -0.25) is 0 Å². The van der Waals surface area contributed by atoms with Gasteiger partial charge in [0, 0.05) is 6.07 Å². The van der Waals surface area contributed by atoms with E-state index in [-0.39, 0.29) is 6.61 Å². The summed E-state index contributed by atoms with van der Waals surface area (Å²) in [5.41, 5.74) is 1.88. The number of ether oxygens (including phenoxy) is 1. The maximum atomic E-state index is 13.7. The van der Waals surface area contributed by atoms with E-state index in [1.807, 2.05) is 32.0 Å². The SMILES string of the molecule is Cc1cccc(C)c1OCC(C)NS(=O)(=O)c1ccc(F)cc1F. The molecule has 0 fully saturated rings. The third kappa shape index (κ3) is 4.30. The zero-order valence-electron chi connectivity index (χ0n) is 13.6. The summed E-state index contributed by atoms with van der Waals surface area (Å²) in [5, 5.41) is 0. The van der Waals surface area contributed by atoms with Gasteiger partial charge in [-0.2, -0.15) is 0 Å². The Hall–Kier alpha value is -1.99. The second-order valence-electron chi connectivity index (χ2n) is 5.63. The first-order valence-corrected chi connectivity index (χ1v) is 8.85. The van der Waals surface area contributed by atoms with Gasteiger partial charge in [-0.1, -0.05) is 18.2 Å². The lowest BCUT2D eigenvalue weighted by molar-refractivity contribution is 0.284. The molecule has 0 saturated heterocycles. The fourth-order valence-electron chi connectivity index (χ4n) is 2.29. The molecule has 130 valence electrons. The van der Waals surface area contributed by atoms with Gasteiger partial charge in [0.15, 0.2) is 0 Å². The predicted molar refractivity (Wildman–Crippen MR) is 87.6 cm³/mol. The summed E-state index contributed by atoms with van der Waals surface area (Å²) < 4.78 is 59.0. The monoisotopic (exact) mass is 355 g/mol. The van der Waals surface area contributed by atoms with Gasteiger partial charge >= 0.3 is 0 Å². The Kier molecular flexibility index (Phi) is 5.56. The Morgan fingerprint density at radius 3 is 2.33 bits per heavy atom. The number of hydrogen-bond acceptors (Lipinski definition) is 3. The van der Waals surface area contributed by atoms with Crippen LogP contribution < -0.4 is 9.46 Å². The first-order valence-electron chi connectivity index (χ1n) is 7.37. The van der Waals surface area contributed by atoms with E-state index < -0.39 is 32.6 Å². The zero-order valence-corrected chi connectivity index (χ0v) is 14.5. The molecule has 0 aliphatic rings. The number of sulfonamides is 1. The van der Waals surface area contributed by atoms with Gasteiger partial charge in [0.2, 0.25) is 10.0 Å². The van der Waals surface area contributed by atoms with Crippen molar-refractivity contribution in [3.05, 3.63) is 59.2 Å². The van der Waals surface area contributed by atoms with Crippen molar-refractivity contribution in [2.24, 2.45) is 0 Å². The molecule has 1 unspecified atom stereocenters. The van der Waals surface area contributed by atoms with Crippen LogP contribution in [0.2, 0.25) is 0 Å². The highest BCUT2D eigenvalue weighted by molar-refractivity contribution is 7.89. The Morgan fingerprint density at radius 2 is 1.75 bits per heavy atom. The molecule has 0 spiro atoms. The Morgan fingerprint density at radius 1 is 1.12 bits per heavy atom. The summed E-state index contributed by atoms with van der Waals surface area (Å²) in [7, 11) is -4.10. The van der Waals surface area contributed by atoms with Crippen LogP contribution in [0.25, 0.3) is 0 Å². The van der Waals surface area contributed by atoms with E-state index in [0.29, 0.717) is 11.8 Å². The maximum absolute atomic E-state index is 13.7. The smallest absolute Gasteiger partial charge is 0.243 e. The molecule has 1 atom stereocenters. The number of rotatable bonds is 6. The summed E-state index contributed by atoms with van der Waals surface area (Å²) in [5.74, 6) is -1.28. The molecule has 0 aliphatic heterocycles. The lowest BCUT2D eigenvalue weighted by Gasteiger charge is -2.17. The molecule has 0 heterocycles. The molecule has 0 radical (unpaired) electrons. The lowest BCUT2D eigenvalue weighted by atomic mass is 10.1. The molecular formula is C17H19F2NO3S. The van der Waals surface area contributed by atoms with Gasteiger partial charge in [0.1, 0.15) is 28.9 Å². The number of nitrogens with one attached hydrogen (secondary N) is 1. The second kappa shape index (κ2) is 7.27. The third-order valence-electron chi connectivity index (χ3n) is 3.43. The van der Waals surface area contributed by atoms with E-state index in [2.05, 4.69) is 4.72 Å². The van der Waals surface area contributed by atoms with Gasteiger partial charge < -0.3 is 4.74 Å². The first-order chi connectivity index (χ1) is 11.2. The molecule has 2 aromatic rings.